The summed E-state index contributed by atoms with van der Waals surface area (Å²) in [5.41, 5.74) is 0.324. The van der Waals surface area contributed by atoms with E-state index in [1.165, 1.54) is 55.9 Å². The number of nitrogens with one attached hydrogen (secondary N) is 1. The van der Waals surface area contributed by atoms with Crippen LogP contribution in [-0.4, -0.2) is 22.5 Å². The molecule has 1 aliphatic carbocycles. The molecule has 0 radical (unpaired) electrons. The molecule has 0 spiro atoms. The van der Waals surface area contributed by atoms with E-state index in [9.17, 15) is 0 Å². The minimum Gasteiger partial charge on any atom is -0.359 e. The normalized spacial score (nSPS) is 33.6. The molecule has 1 saturated carbocycles. The molecule has 2 rings (SSSR count). The summed E-state index contributed by atoms with van der Waals surface area (Å²) in [5.74, 6) is 2.17. The van der Waals surface area contributed by atoms with E-state index in [0.29, 0.717) is 11.6 Å². The zero-order valence-corrected chi connectivity index (χ0v) is 13.0. The van der Waals surface area contributed by atoms with Crippen LogP contribution < -0.4 is 5.32 Å². The molecule has 2 fully saturated rings. The Kier molecular flexibility index (Phi) is 4.99. The molecule has 2 aliphatic rings. The number of amidine groups is 1. The number of hydrogen-bond donors (Lipinski definition) is 1. The van der Waals surface area contributed by atoms with Crippen molar-refractivity contribution in [3.8, 4) is 0 Å². The van der Waals surface area contributed by atoms with Gasteiger partial charge in [-0.15, -0.1) is 0 Å². The minimum absolute atomic E-state index is 0.324. The fraction of sp³-hybridized carbons (Fsp3) is 0.933. The van der Waals surface area contributed by atoms with Gasteiger partial charge in [-0.3, -0.25) is 4.99 Å². The van der Waals surface area contributed by atoms with Crippen LogP contribution in [0.15, 0.2) is 4.99 Å². The van der Waals surface area contributed by atoms with Gasteiger partial charge < -0.3 is 5.32 Å². The summed E-state index contributed by atoms with van der Waals surface area (Å²) >= 11 is 1.94. The number of rotatable bonds is 4. The maximum atomic E-state index is 4.96. The maximum absolute atomic E-state index is 4.96. The Labute approximate surface area is 116 Å². The van der Waals surface area contributed by atoms with Crippen LogP contribution in [0.3, 0.4) is 0 Å². The van der Waals surface area contributed by atoms with E-state index in [-0.39, 0.29) is 0 Å². The minimum atomic E-state index is 0.324. The van der Waals surface area contributed by atoms with Gasteiger partial charge in [0.2, 0.25) is 0 Å². The van der Waals surface area contributed by atoms with Gasteiger partial charge in [-0.25, -0.2) is 0 Å². The summed E-state index contributed by atoms with van der Waals surface area (Å²) < 4.78 is 0. The fourth-order valence-electron chi connectivity index (χ4n) is 3.05. The van der Waals surface area contributed by atoms with E-state index in [2.05, 4.69) is 26.1 Å². The van der Waals surface area contributed by atoms with Gasteiger partial charge in [-0.1, -0.05) is 39.0 Å². The summed E-state index contributed by atoms with van der Waals surface area (Å²) in [4.78, 5) is 4.96. The maximum Gasteiger partial charge on any atom is 0.157 e. The summed E-state index contributed by atoms with van der Waals surface area (Å²) in [6.45, 7) is 6.89. The molecular formula is C15H28N2S. The Hall–Kier alpha value is -0.180. The van der Waals surface area contributed by atoms with Gasteiger partial charge in [0.1, 0.15) is 0 Å². The Morgan fingerprint density at radius 3 is 2.33 bits per heavy atom. The van der Waals surface area contributed by atoms with Crippen molar-refractivity contribution in [2.24, 2.45) is 10.9 Å². The molecule has 0 amide bonds. The quantitative estimate of drug-likeness (QED) is 0.826. The third kappa shape index (κ3) is 3.23. The van der Waals surface area contributed by atoms with Crippen LogP contribution in [0.5, 0.6) is 0 Å². The van der Waals surface area contributed by atoms with Gasteiger partial charge in [0, 0.05) is 11.3 Å². The van der Waals surface area contributed by atoms with Crippen molar-refractivity contribution in [2.75, 3.05) is 5.75 Å². The first kappa shape index (κ1) is 14.2. The molecule has 0 atom stereocenters. The van der Waals surface area contributed by atoms with Crippen LogP contribution in [0.2, 0.25) is 0 Å². The van der Waals surface area contributed by atoms with E-state index >= 15 is 0 Å². The first-order chi connectivity index (χ1) is 8.71. The van der Waals surface area contributed by atoms with Gasteiger partial charge in [0.05, 0.1) is 6.04 Å². The van der Waals surface area contributed by atoms with Crippen molar-refractivity contribution in [3.05, 3.63) is 0 Å². The molecule has 104 valence electrons. The van der Waals surface area contributed by atoms with Crippen LogP contribution in [-0.2, 0) is 0 Å². The number of hydrogen-bond acceptors (Lipinski definition) is 2. The van der Waals surface area contributed by atoms with Gasteiger partial charge in [0.15, 0.2) is 5.17 Å². The van der Waals surface area contributed by atoms with Crippen molar-refractivity contribution in [1.29, 1.82) is 0 Å². The molecule has 0 aromatic rings. The third-order valence-corrected chi connectivity index (χ3v) is 6.08. The second-order valence-electron chi connectivity index (χ2n) is 5.92. The zero-order chi connectivity index (χ0) is 13.0. The summed E-state index contributed by atoms with van der Waals surface area (Å²) in [6, 6.07) is 0.590. The first-order valence-electron chi connectivity index (χ1n) is 7.70. The largest absolute Gasteiger partial charge is 0.359 e. The standard InChI is InChI=1S/C15H28N2S/c1-4-12-7-9-13(10-8-12)16-14-17-15(5-2,6-3)11-18-14/h12-13H,4-11H2,1-3H3,(H,16,17). The zero-order valence-electron chi connectivity index (χ0n) is 12.2. The van der Waals surface area contributed by atoms with E-state index < -0.39 is 0 Å². The second kappa shape index (κ2) is 6.31. The van der Waals surface area contributed by atoms with E-state index in [0.717, 1.165) is 5.92 Å². The molecular weight excluding hydrogens is 240 g/mol. The lowest BCUT2D eigenvalue weighted by Crippen LogP contribution is -2.42. The Bertz CT molecular complexity index is 289. The molecule has 0 bridgehead atoms. The van der Waals surface area contributed by atoms with E-state index in [4.69, 9.17) is 4.99 Å². The molecule has 2 nitrogen and oxygen atoms in total. The van der Waals surface area contributed by atoms with Crippen LogP contribution in [0.25, 0.3) is 0 Å². The highest BCUT2D eigenvalue weighted by atomic mass is 32.2. The smallest absolute Gasteiger partial charge is 0.157 e. The summed E-state index contributed by atoms with van der Waals surface area (Å²) in [7, 11) is 0. The number of aliphatic imine (C=N–C) groups is 1. The Balaban J connectivity index is 1.88. The Morgan fingerprint density at radius 1 is 1.17 bits per heavy atom. The summed E-state index contributed by atoms with van der Waals surface area (Å²) in [5, 5.41) is 4.91. The van der Waals surface area contributed by atoms with Crippen molar-refractivity contribution in [1.82, 2.24) is 5.32 Å². The van der Waals surface area contributed by atoms with Crippen LogP contribution in [0, 0.1) is 5.92 Å². The number of nitrogens with zero attached hydrogens (tertiary/aromatic N) is 1. The van der Waals surface area contributed by atoms with Gasteiger partial charge >= 0.3 is 0 Å². The molecule has 1 aliphatic heterocycles. The molecule has 1 saturated heterocycles. The molecule has 1 N–H and O–H groups in total. The fourth-order valence-corrected chi connectivity index (χ4v) is 4.46. The molecule has 3 heteroatoms. The van der Waals surface area contributed by atoms with Crippen molar-refractivity contribution < 1.29 is 0 Å². The predicted octanol–water partition coefficient (Wildman–Crippen LogP) is 4.21. The highest BCUT2D eigenvalue weighted by molar-refractivity contribution is 8.14. The molecule has 1 heterocycles. The SMILES string of the molecule is CCC1CCC(N=C2NC(CC)(CC)CS2)CC1. The average molecular weight is 268 g/mol. The van der Waals surface area contributed by atoms with Crippen LogP contribution in [0.1, 0.15) is 65.7 Å². The first-order valence-corrected chi connectivity index (χ1v) is 8.68. The third-order valence-electron chi connectivity index (χ3n) is 4.90. The van der Waals surface area contributed by atoms with Crippen LogP contribution >= 0.6 is 11.8 Å². The van der Waals surface area contributed by atoms with Gasteiger partial charge in [0.25, 0.3) is 0 Å². The lowest BCUT2D eigenvalue weighted by atomic mass is 9.85. The number of thioether (sulfide) groups is 1. The van der Waals surface area contributed by atoms with E-state index in [1.54, 1.807) is 0 Å². The second-order valence-corrected chi connectivity index (χ2v) is 6.88. The van der Waals surface area contributed by atoms with Crippen molar-refractivity contribution in [3.63, 3.8) is 0 Å². The predicted molar refractivity (Wildman–Crippen MR) is 82.4 cm³/mol. The molecule has 0 aromatic carbocycles. The highest BCUT2D eigenvalue weighted by Gasteiger charge is 2.34. The van der Waals surface area contributed by atoms with Crippen molar-refractivity contribution in [2.45, 2.75) is 77.3 Å². The highest BCUT2D eigenvalue weighted by Crippen LogP contribution is 2.32. The van der Waals surface area contributed by atoms with Crippen molar-refractivity contribution >= 4 is 16.9 Å². The monoisotopic (exact) mass is 268 g/mol. The lowest BCUT2D eigenvalue weighted by Gasteiger charge is -2.27. The summed E-state index contributed by atoms with van der Waals surface area (Å²) in [6.07, 6.45) is 9.14. The molecule has 0 unspecified atom stereocenters. The topological polar surface area (TPSA) is 24.4 Å². The van der Waals surface area contributed by atoms with Gasteiger partial charge in [-0.2, -0.15) is 0 Å². The average Bonchev–Trinajstić information content (AvgIpc) is 2.84. The Morgan fingerprint density at radius 2 is 1.83 bits per heavy atom. The lowest BCUT2D eigenvalue weighted by molar-refractivity contribution is 0.319. The molecule has 0 aromatic heterocycles. The van der Waals surface area contributed by atoms with Gasteiger partial charge in [-0.05, 0) is 44.4 Å². The molecule has 18 heavy (non-hydrogen) atoms. The van der Waals surface area contributed by atoms with E-state index in [1.807, 2.05) is 11.8 Å². The van der Waals surface area contributed by atoms with Crippen LogP contribution in [0.4, 0.5) is 0 Å².